The fourth-order valence-corrected chi connectivity index (χ4v) is 3.99. The van der Waals surface area contributed by atoms with Crippen LogP contribution in [0.5, 0.6) is 0 Å². The minimum Gasteiger partial charge on any atom is -0.363 e. The normalized spacial score (nSPS) is 13.8. The third-order valence-corrected chi connectivity index (χ3v) is 6.03. The number of pyridine rings is 2. The van der Waals surface area contributed by atoms with Crippen molar-refractivity contribution in [2.24, 2.45) is 0 Å². The van der Waals surface area contributed by atoms with Crippen LogP contribution in [0.2, 0.25) is 0 Å². The maximum absolute atomic E-state index is 13.2. The second kappa shape index (κ2) is 9.65. The second-order valence-corrected chi connectivity index (χ2v) is 8.77. The van der Waals surface area contributed by atoms with Crippen LogP contribution in [0.3, 0.4) is 0 Å². The van der Waals surface area contributed by atoms with Gasteiger partial charge in [-0.25, -0.2) is 24.0 Å². The number of aromatic amines is 1. The summed E-state index contributed by atoms with van der Waals surface area (Å²) in [6.07, 6.45) is 15.4. The summed E-state index contributed by atoms with van der Waals surface area (Å²) < 4.78 is 14.6. The van der Waals surface area contributed by atoms with Gasteiger partial charge in [-0.3, -0.25) is 10.4 Å². The molecule has 38 heavy (non-hydrogen) atoms. The average Bonchev–Trinajstić information content (AvgIpc) is 3.59. The van der Waals surface area contributed by atoms with Crippen molar-refractivity contribution in [1.29, 1.82) is 0 Å². The summed E-state index contributed by atoms with van der Waals surface area (Å²) in [7, 11) is 1.95. The number of hydrogen-bond acceptors (Lipinski definition) is 9. The van der Waals surface area contributed by atoms with Crippen molar-refractivity contribution < 1.29 is 4.39 Å². The van der Waals surface area contributed by atoms with Gasteiger partial charge in [0.25, 0.3) is 0 Å². The fraction of sp³-hybridized carbons (Fsp3) is 0.115. The minimum atomic E-state index is -0.406. The van der Waals surface area contributed by atoms with E-state index in [-0.39, 0.29) is 6.04 Å². The van der Waals surface area contributed by atoms with E-state index in [1.807, 2.05) is 74.1 Å². The number of halogens is 1. The van der Waals surface area contributed by atoms with Crippen molar-refractivity contribution >= 4 is 22.8 Å². The average molecular weight is 510 g/mol. The molecule has 1 aliphatic heterocycles. The van der Waals surface area contributed by atoms with E-state index < -0.39 is 5.82 Å². The Kier molecular flexibility index (Phi) is 5.88. The third kappa shape index (κ3) is 4.74. The first-order valence-corrected chi connectivity index (χ1v) is 11.9. The van der Waals surface area contributed by atoms with E-state index in [1.54, 1.807) is 23.5 Å². The molecule has 0 aromatic carbocycles. The zero-order valence-electron chi connectivity index (χ0n) is 20.6. The highest BCUT2D eigenvalue weighted by molar-refractivity contribution is 5.91. The maximum atomic E-state index is 13.2. The number of anilines is 2. The highest BCUT2D eigenvalue weighted by atomic mass is 19.1. The lowest BCUT2D eigenvalue weighted by Gasteiger charge is -2.22. The van der Waals surface area contributed by atoms with Gasteiger partial charge in [-0.1, -0.05) is 6.07 Å². The zero-order valence-corrected chi connectivity index (χ0v) is 20.6. The molecule has 0 unspecified atom stereocenters. The summed E-state index contributed by atoms with van der Waals surface area (Å²) in [4.78, 5) is 23.5. The first kappa shape index (κ1) is 23.2. The summed E-state index contributed by atoms with van der Waals surface area (Å²) in [5.41, 5.74) is 6.50. The highest BCUT2D eigenvalue weighted by Gasteiger charge is 2.14. The Bertz CT molecular complexity index is 1610. The van der Waals surface area contributed by atoms with Crippen molar-refractivity contribution in [3.05, 3.63) is 97.5 Å². The van der Waals surface area contributed by atoms with Crippen molar-refractivity contribution in [2.45, 2.75) is 13.0 Å². The molecule has 0 saturated heterocycles. The fourth-order valence-electron chi connectivity index (χ4n) is 3.99. The maximum Gasteiger partial charge on any atom is 0.244 e. The molecule has 3 N–H and O–H groups in total. The Balaban J connectivity index is 1.18. The molecular formula is C26H24FN11. The molecule has 0 amide bonds. The lowest BCUT2D eigenvalue weighted by molar-refractivity contribution is 0.509. The summed E-state index contributed by atoms with van der Waals surface area (Å²) in [6.45, 7) is 2.02. The number of hydrazine groups is 1. The van der Waals surface area contributed by atoms with E-state index in [2.05, 4.69) is 35.8 Å². The Morgan fingerprint density at radius 3 is 2.53 bits per heavy atom. The smallest absolute Gasteiger partial charge is 0.244 e. The molecule has 0 bridgehead atoms. The summed E-state index contributed by atoms with van der Waals surface area (Å²) in [5, 5.41) is 10.0. The molecule has 1 aliphatic rings. The molecule has 6 rings (SSSR count). The van der Waals surface area contributed by atoms with E-state index in [0.717, 1.165) is 34.1 Å². The largest absolute Gasteiger partial charge is 0.363 e. The van der Waals surface area contributed by atoms with Crippen LogP contribution in [-0.4, -0.2) is 51.7 Å². The lowest BCUT2D eigenvalue weighted by atomic mass is 10.1. The summed E-state index contributed by atoms with van der Waals surface area (Å²) in [6, 6.07) is 9.51. The van der Waals surface area contributed by atoms with Crippen molar-refractivity contribution in [3.8, 4) is 17.1 Å². The van der Waals surface area contributed by atoms with Gasteiger partial charge in [0, 0.05) is 61.4 Å². The number of rotatable bonds is 7. The van der Waals surface area contributed by atoms with Crippen LogP contribution in [0.15, 0.2) is 86.1 Å². The molecule has 6 heterocycles. The topological polar surface area (TPSA) is 116 Å². The van der Waals surface area contributed by atoms with Gasteiger partial charge in [0.1, 0.15) is 11.5 Å². The SMILES string of the molecule is C[C@H](Nc1ccc(-c2nc(NN3C=CN(C)C=C3)nc3[nH]ccc23)cn1)c1ccc(-n2cc(F)cn2)nc1. The van der Waals surface area contributed by atoms with E-state index in [9.17, 15) is 4.39 Å². The van der Waals surface area contributed by atoms with Crippen molar-refractivity contribution in [3.63, 3.8) is 0 Å². The Morgan fingerprint density at radius 1 is 0.947 bits per heavy atom. The Hall–Kier alpha value is -5.26. The van der Waals surface area contributed by atoms with Gasteiger partial charge in [0.15, 0.2) is 11.6 Å². The Morgan fingerprint density at radius 2 is 1.82 bits per heavy atom. The van der Waals surface area contributed by atoms with Crippen LogP contribution < -0.4 is 10.7 Å². The van der Waals surface area contributed by atoms with Crippen LogP contribution in [0.1, 0.15) is 18.5 Å². The molecule has 0 spiro atoms. The number of hydrogen-bond donors (Lipinski definition) is 3. The molecule has 0 aliphatic carbocycles. The van der Waals surface area contributed by atoms with Gasteiger partial charge >= 0.3 is 0 Å². The van der Waals surface area contributed by atoms with E-state index in [1.165, 1.54) is 10.9 Å². The monoisotopic (exact) mass is 509 g/mol. The predicted molar refractivity (Wildman–Crippen MR) is 142 cm³/mol. The van der Waals surface area contributed by atoms with Gasteiger partial charge in [-0.2, -0.15) is 10.1 Å². The van der Waals surface area contributed by atoms with Gasteiger partial charge in [0.05, 0.1) is 24.1 Å². The molecule has 11 nitrogen and oxygen atoms in total. The predicted octanol–water partition coefficient (Wildman–Crippen LogP) is 4.43. The molecule has 190 valence electrons. The van der Waals surface area contributed by atoms with E-state index >= 15 is 0 Å². The van der Waals surface area contributed by atoms with Crippen molar-refractivity contribution in [1.82, 2.24) is 44.6 Å². The van der Waals surface area contributed by atoms with Gasteiger partial charge in [0.2, 0.25) is 5.95 Å². The molecule has 1 atom stereocenters. The molecule has 0 saturated carbocycles. The van der Waals surface area contributed by atoms with E-state index in [4.69, 9.17) is 4.98 Å². The molecule has 5 aromatic rings. The van der Waals surface area contributed by atoms with Crippen LogP contribution in [-0.2, 0) is 0 Å². The minimum absolute atomic E-state index is 0.0554. The van der Waals surface area contributed by atoms with Crippen LogP contribution >= 0.6 is 0 Å². The molecule has 0 radical (unpaired) electrons. The van der Waals surface area contributed by atoms with Crippen molar-refractivity contribution in [2.75, 3.05) is 17.8 Å². The lowest BCUT2D eigenvalue weighted by Crippen LogP contribution is -2.24. The number of nitrogens with zero attached hydrogens (tertiary/aromatic N) is 8. The molecule has 12 heteroatoms. The highest BCUT2D eigenvalue weighted by Crippen LogP contribution is 2.28. The number of H-pyrrole nitrogens is 1. The number of fused-ring (bicyclic) bond motifs is 1. The quantitative estimate of drug-likeness (QED) is 0.293. The third-order valence-electron chi connectivity index (χ3n) is 6.03. The van der Waals surface area contributed by atoms with E-state index in [0.29, 0.717) is 17.6 Å². The second-order valence-electron chi connectivity index (χ2n) is 8.77. The first-order valence-electron chi connectivity index (χ1n) is 11.9. The standard InChI is InChI=1S/C26H24FN11/c1-17(18-4-6-23(30-13-18)38-16-20(27)15-31-38)32-22-5-3-19(14-29-22)24-21-7-8-28-25(21)34-26(33-24)35-37-11-9-36(2)10-12-37/h3-17H,1-2H3,(H,29,32)(H2,28,33,34,35)/t17-/m0/s1. The summed E-state index contributed by atoms with van der Waals surface area (Å²) in [5.74, 6) is 1.31. The Labute approximate surface area is 217 Å². The van der Waals surface area contributed by atoms with Gasteiger partial charge < -0.3 is 15.2 Å². The molecule has 0 fully saturated rings. The van der Waals surface area contributed by atoms with Crippen LogP contribution in [0.25, 0.3) is 28.1 Å². The van der Waals surface area contributed by atoms with Crippen LogP contribution in [0.4, 0.5) is 16.2 Å². The van der Waals surface area contributed by atoms with Gasteiger partial charge in [-0.15, -0.1) is 0 Å². The van der Waals surface area contributed by atoms with Gasteiger partial charge in [-0.05, 0) is 36.8 Å². The molecule has 5 aromatic heterocycles. The van der Waals surface area contributed by atoms with Crippen LogP contribution in [0, 0.1) is 5.82 Å². The number of aromatic nitrogens is 7. The zero-order chi connectivity index (χ0) is 26.1. The molecular weight excluding hydrogens is 485 g/mol. The first-order chi connectivity index (χ1) is 18.5. The number of nitrogens with one attached hydrogen (secondary N) is 3. The summed E-state index contributed by atoms with van der Waals surface area (Å²) >= 11 is 0.